The van der Waals surface area contributed by atoms with E-state index in [9.17, 15) is 0 Å². The smallest absolute Gasteiger partial charge is 0.0931 e. The van der Waals surface area contributed by atoms with Gasteiger partial charge in [-0.1, -0.05) is 11.6 Å². The number of thiophene rings is 1. The monoisotopic (exact) mass is 270 g/mol. The van der Waals surface area contributed by atoms with Crippen LogP contribution in [0.5, 0.6) is 0 Å². The fraction of sp³-hybridized carbons (Fsp3) is 0.692. The Morgan fingerprint density at radius 2 is 2.29 bits per heavy atom. The van der Waals surface area contributed by atoms with E-state index in [2.05, 4.69) is 16.3 Å². The average molecular weight is 271 g/mol. The first-order chi connectivity index (χ1) is 8.33. The minimum absolute atomic E-state index is 0.730. The molecule has 2 atom stereocenters. The molecule has 2 fully saturated rings. The van der Waals surface area contributed by atoms with Gasteiger partial charge < -0.3 is 5.32 Å². The molecule has 2 aliphatic heterocycles. The minimum Gasteiger partial charge on any atom is -0.312 e. The Hall–Kier alpha value is -0.0900. The third-order valence-electron chi connectivity index (χ3n) is 3.96. The molecule has 0 aliphatic carbocycles. The highest BCUT2D eigenvalue weighted by atomic mass is 35.5. The molecular weight excluding hydrogens is 252 g/mol. The molecule has 0 amide bonds. The van der Waals surface area contributed by atoms with E-state index in [0.717, 1.165) is 23.0 Å². The number of hydrogen-bond acceptors (Lipinski definition) is 3. The van der Waals surface area contributed by atoms with Crippen LogP contribution in [0.2, 0.25) is 4.34 Å². The summed E-state index contributed by atoms with van der Waals surface area (Å²) in [7, 11) is 0. The molecule has 2 aliphatic rings. The van der Waals surface area contributed by atoms with Crippen molar-refractivity contribution < 1.29 is 0 Å². The van der Waals surface area contributed by atoms with Crippen LogP contribution < -0.4 is 5.32 Å². The molecule has 3 rings (SSSR count). The summed E-state index contributed by atoms with van der Waals surface area (Å²) in [6.45, 7) is 3.54. The highest BCUT2D eigenvalue weighted by Crippen LogP contribution is 2.29. The van der Waals surface area contributed by atoms with Crippen molar-refractivity contribution >= 4 is 22.9 Å². The minimum atomic E-state index is 0.730. The number of nitrogens with one attached hydrogen (secondary N) is 1. The summed E-state index contributed by atoms with van der Waals surface area (Å²) in [5.41, 5.74) is 0. The Morgan fingerprint density at radius 1 is 1.35 bits per heavy atom. The van der Waals surface area contributed by atoms with E-state index < -0.39 is 0 Å². The maximum absolute atomic E-state index is 6.00. The lowest BCUT2D eigenvalue weighted by Crippen LogP contribution is -2.43. The molecule has 0 saturated carbocycles. The first-order valence-corrected chi connectivity index (χ1v) is 7.74. The summed E-state index contributed by atoms with van der Waals surface area (Å²) in [4.78, 5) is 4.05. The molecule has 94 valence electrons. The SMILES string of the molecule is Clc1ccc(CN2CCCC2C2CCCN2)s1. The van der Waals surface area contributed by atoms with E-state index in [1.807, 2.05) is 6.07 Å². The maximum atomic E-state index is 6.00. The molecule has 2 unspecified atom stereocenters. The van der Waals surface area contributed by atoms with Crippen molar-refractivity contribution in [3.63, 3.8) is 0 Å². The Bertz CT molecular complexity index is 373. The van der Waals surface area contributed by atoms with Gasteiger partial charge in [0.05, 0.1) is 4.34 Å². The quantitative estimate of drug-likeness (QED) is 0.908. The second-order valence-corrected chi connectivity index (χ2v) is 6.89. The van der Waals surface area contributed by atoms with Gasteiger partial charge in [0.2, 0.25) is 0 Å². The molecule has 0 bridgehead atoms. The van der Waals surface area contributed by atoms with E-state index in [-0.39, 0.29) is 0 Å². The summed E-state index contributed by atoms with van der Waals surface area (Å²) in [6.07, 6.45) is 5.41. The van der Waals surface area contributed by atoms with Crippen LogP contribution in [-0.4, -0.2) is 30.1 Å². The fourth-order valence-corrected chi connectivity index (χ4v) is 4.29. The summed E-state index contributed by atoms with van der Waals surface area (Å²) >= 11 is 7.72. The van der Waals surface area contributed by atoms with Gasteiger partial charge in [-0.05, 0) is 50.9 Å². The predicted molar refractivity (Wildman–Crippen MR) is 73.8 cm³/mol. The molecule has 0 radical (unpaired) electrons. The van der Waals surface area contributed by atoms with Crippen molar-refractivity contribution in [2.24, 2.45) is 0 Å². The summed E-state index contributed by atoms with van der Waals surface area (Å²) in [6, 6.07) is 5.66. The highest BCUT2D eigenvalue weighted by molar-refractivity contribution is 7.16. The van der Waals surface area contributed by atoms with Gasteiger partial charge in [0.25, 0.3) is 0 Å². The van der Waals surface area contributed by atoms with Crippen molar-refractivity contribution in [2.75, 3.05) is 13.1 Å². The average Bonchev–Trinajstić information content (AvgIpc) is 3.00. The summed E-state index contributed by atoms with van der Waals surface area (Å²) in [5.74, 6) is 0. The van der Waals surface area contributed by atoms with Gasteiger partial charge in [-0.15, -0.1) is 11.3 Å². The van der Waals surface area contributed by atoms with Gasteiger partial charge in [-0.25, -0.2) is 0 Å². The predicted octanol–water partition coefficient (Wildman–Crippen LogP) is 3.12. The van der Waals surface area contributed by atoms with Gasteiger partial charge in [0.1, 0.15) is 0 Å². The van der Waals surface area contributed by atoms with Gasteiger partial charge >= 0.3 is 0 Å². The Labute approximate surface area is 112 Å². The standard InChI is InChI=1S/C13H19ClN2S/c14-13-6-5-10(17-13)9-16-8-2-4-12(16)11-3-1-7-15-11/h5-6,11-12,15H,1-4,7-9H2. The Kier molecular flexibility index (Phi) is 3.71. The van der Waals surface area contributed by atoms with E-state index in [1.54, 1.807) is 11.3 Å². The third kappa shape index (κ3) is 2.68. The van der Waals surface area contributed by atoms with E-state index in [1.165, 1.54) is 43.6 Å². The van der Waals surface area contributed by atoms with Crippen LogP contribution in [0.15, 0.2) is 12.1 Å². The zero-order chi connectivity index (χ0) is 11.7. The molecule has 2 nitrogen and oxygen atoms in total. The second kappa shape index (κ2) is 5.27. The molecule has 0 spiro atoms. The molecule has 2 saturated heterocycles. The van der Waals surface area contributed by atoms with Crippen molar-refractivity contribution in [3.8, 4) is 0 Å². The normalized spacial score (nSPS) is 30.2. The fourth-order valence-electron chi connectivity index (χ4n) is 3.18. The zero-order valence-electron chi connectivity index (χ0n) is 9.99. The number of rotatable bonds is 3. The van der Waals surface area contributed by atoms with Crippen LogP contribution in [0.3, 0.4) is 0 Å². The van der Waals surface area contributed by atoms with Crippen molar-refractivity contribution in [1.82, 2.24) is 10.2 Å². The molecule has 1 aromatic rings. The summed E-state index contributed by atoms with van der Waals surface area (Å²) in [5, 5.41) is 3.66. The molecule has 17 heavy (non-hydrogen) atoms. The molecule has 4 heteroatoms. The van der Waals surface area contributed by atoms with Crippen LogP contribution in [0, 0.1) is 0 Å². The van der Waals surface area contributed by atoms with E-state index >= 15 is 0 Å². The molecule has 1 aromatic heterocycles. The lowest BCUT2D eigenvalue weighted by molar-refractivity contribution is 0.208. The molecule has 3 heterocycles. The maximum Gasteiger partial charge on any atom is 0.0931 e. The van der Waals surface area contributed by atoms with Crippen molar-refractivity contribution in [2.45, 2.75) is 44.3 Å². The number of halogens is 1. The first kappa shape index (κ1) is 12.0. The Balaban J connectivity index is 1.65. The third-order valence-corrected chi connectivity index (χ3v) is 5.18. The first-order valence-electron chi connectivity index (χ1n) is 6.54. The number of hydrogen-bond donors (Lipinski definition) is 1. The lowest BCUT2D eigenvalue weighted by atomic mass is 10.0. The number of nitrogens with zero attached hydrogens (tertiary/aromatic N) is 1. The van der Waals surface area contributed by atoms with Gasteiger partial charge in [0, 0.05) is 23.5 Å². The van der Waals surface area contributed by atoms with Crippen LogP contribution >= 0.6 is 22.9 Å². The summed E-state index contributed by atoms with van der Waals surface area (Å²) < 4.78 is 0.912. The molecule has 1 N–H and O–H groups in total. The van der Waals surface area contributed by atoms with Crippen LogP contribution in [0.1, 0.15) is 30.6 Å². The molecule has 0 aromatic carbocycles. The molecular formula is C13H19ClN2S. The van der Waals surface area contributed by atoms with E-state index in [4.69, 9.17) is 11.6 Å². The highest BCUT2D eigenvalue weighted by Gasteiger charge is 2.33. The second-order valence-electron chi connectivity index (χ2n) is 5.09. The topological polar surface area (TPSA) is 15.3 Å². The number of likely N-dealkylation sites (tertiary alicyclic amines) is 1. The van der Waals surface area contributed by atoms with Crippen LogP contribution in [0.4, 0.5) is 0 Å². The Morgan fingerprint density at radius 3 is 3.00 bits per heavy atom. The van der Waals surface area contributed by atoms with Gasteiger partial charge in [-0.3, -0.25) is 4.90 Å². The van der Waals surface area contributed by atoms with Crippen molar-refractivity contribution in [3.05, 3.63) is 21.3 Å². The zero-order valence-corrected chi connectivity index (χ0v) is 11.6. The van der Waals surface area contributed by atoms with Crippen LogP contribution in [-0.2, 0) is 6.54 Å². The van der Waals surface area contributed by atoms with Crippen molar-refractivity contribution in [1.29, 1.82) is 0 Å². The van der Waals surface area contributed by atoms with E-state index in [0.29, 0.717) is 0 Å². The van der Waals surface area contributed by atoms with Gasteiger partial charge in [-0.2, -0.15) is 0 Å². The largest absolute Gasteiger partial charge is 0.312 e. The van der Waals surface area contributed by atoms with Gasteiger partial charge in [0.15, 0.2) is 0 Å². The van der Waals surface area contributed by atoms with Crippen LogP contribution in [0.25, 0.3) is 0 Å². The lowest BCUT2D eigenvalue weighted by Gasteiger charge is -2.29.